The van der Waals surface area contributed by atoms with Gasteiger partial charge in [0.05, 0.1) is 9.49 Å². The Morgan fingerprint density at radius 1 is 0.488 bits per heavy atom. The van der Waals surface area contributed by atoms with Crippen molar-refractivity contribution in [3.05, 3.63) is 131 Å². The third kappa shape index (κ3) is 3.18. The number of allylic oxidation sites excluding steroid dienone is 4. The fourth-order valence-electron chi connectivity index (χ4n) is 7.06. The largest absolute Gasteiger partial charge is 0.380 e. The van der Waals surface area contributed by atoms with Gasteiger partial charge in [-0.05, 0) is 69.8 Å². The summed E-state index contributed by atoms with van der Waals surface area (Å²) in [5, 5.41) is 3.56. The number of thioether (sulfide) groups is 2. The van der Waals surface area contributed by atoms with Crippen LogP contribution < -0.4 is 0 Å². The van der Waals surface area contributed by atoms with E-state index in [1.807, 2.05) is 84.9 Å². The van der Waals surface area contributed by atoms with Crippen LogP contribution >= 0.6 is 23.5 Å². The summed E-state index contributed by atoms with van der Waals surface area (Å²) >= 11 is 2.57. The summed E-state index contributed by atoms with van der Waals surface area (Å²) in [6.07, 6.45) is 2.90. The van der Waals surface area contributed by atoms with Gasteiger partial charge in [0.25, 0.3) is 0 Å². The average Bonchev–Trinajstić information content (AvgIpc) is 3.56. The Bertz CT molecular complexity index is 1900. The Morgan fingerprint density at radius 2 is 0.860 bits per heavy atom. The molecule has 8 heteroatoms. The van der Waals surface area contributed by atoms with Crippen LogP contribution in [-0.2, 0) is 0 Å². The van der Waals surface area contributed by atoms with Crippen LogP contribution in [0.15, 0.2) is 119 Å². The Hall–Kier alpha value is -3.36. The second-order valence-electron chi connectivity index (χ2n) is 11.6. The summed E-state index contributed by atoms with van der Waals surface area (Å²) in [6, 6.07) is 26.4. The van der Waals surface area contributed by atoms with Crippen molar-refractivity contribution in [1.29, 1.82) is 0 Å². The van der Waals surface area contributed by atoms with Crippen LogP contribution in [0.25, 0.3) is 31.4 Å². The zero-order valence-corrected chi connectivity index (χ0v) is 24.5. The van der Waals surface area contributed by atoms with Crippen LogP contribution in [0, 0.1) is 0 Å². The second kappa shape index (κ2) is 8.42. The minimum atomic E-state index is -5.59. The van der Waals surface area contributed by atoms with E-state index < -0.39 is 38.4 Å². The number of rotatable bonds is 2. The third-order valence-electron chi connectivity index (χ3n) is 9.43. The van der Waals surface area contributed by atoms with Crippen molar-refractivity contribution >= 4 is 54.9 Å². The molecule has 0 bridgehead atoms. The summed E-state index contributed by atoms with van der Waals surface area (Å²) in [4.78, 5) is 1.16. The molecule has 0 unspecified atom stereocenters. The van der Waals surface area contributed by atoms with Gasteiger partial charge < -0.3 is 0 Å². The molecule has 0 aromatic heterocycles. The Balaban J connectivity index is 1.42. The minimum Gasteiger partial charge on any atom is -0.194 e. The molecule has 2 heterocycles. The standard InChI is InChI=1S/C35H22F6S2/c1-31-25(17-27(42-31)23-15-7-11-19-9-3-5-13-21(19)23)29-30(34(38,39)35(40,41)33(29,36)37)26-18-28(43-32(26,31)2)24-16-8-12-20-10-4-6-14-22(20)24/h3-18H,1-2H3/t31-,32-/m0/s1. The normalized spacial score (nSPS) is 28.2. The van der Waals surface area contributed by atoms with Crippen molar-refractivity contribution in [2.45, 2.75) is 41.1 Å². The van der Waals surface area contributed by atoms with E-state index in [0.717, 1.165) is 32.7 Å². The molecular weight excluding hydrogens is 599 g/mol. The van der Waals surface area contributed by atoms with Gasteiger partial charge in [-0.1, -0.05) is 84.9 Å². The molecule has 4 aromatic rings. The summed E-state index contributed by atoms with van der Waals surface area (Å²) in [7, 11) is 0. The number of hydrogen-bond acceptors (Lipinski definition) is 2. The first-order valence-electron chi connectivity index (χ1n) is 13.7. The van der Waals surface area contributed by atoms with Crippen molar-refractivity contribution in [2.75, 3.05) is 0 Å². The smallest absolute Gasteiger partial charge is 0.194 e. The molecule has 2 aliphatic heterocycles. The maximum Gasteiger partial charge on any atom is 0.380 e. The molecule has 8 rings (SSSR count). The highest BCUT2D eigenvalue weighted by atomic mass is 32.2. The monoisotopic (exact) mass is 620 g/mol. The molecule has 0 radical (unpaired) electrons. The van der Waals surface area contributed by atoms with E-state index >= 15 is 26.3 Å². The van der Waals surface area contributed by atoms with E-state index in [-0.39, 0.29) is 11.1 Å². The minimum absolute atomic E-state index is 0.163. The average molecular weight is 621 g/mol. The fourth-order valence-corrected chi connectivity index (χ4v) is 10.3. The van der Waals surface area contributed by atoms with Gasteiger partial charge in [0.15, 0.2) is 0 Å². The lowest BCUT2D eigenvalue weighted by Gasteiger charge is -2.47. The van der Waals surface area contributed by atoms with E-state index in [1.165, 1.54) is 35.7 Å². The predicted molar refractivity (Wildman–Crippen MR) is 165 cm³/mol. The van der Waals surface area contributed by atoms with Gasteiger partial charge in [-0.15, -0.1) is 23.5 Å². The molecule has 0 amide bonds. The van der Waals surface area contributed by atoms with Gasteiger partial charge in [0.2, 0.25) is 0 Å². The van der Waals surface area contributed by atoms with Gasteiger partial charge in [0, 0.05) is 21.0 Å². The predicted octanol–water partition coefficient (Wildman–Crippen LogP) is 10.9. The zero-order chi connectivity index (χ0) is 30.2. The molecular formula is C35H22F6S2. The molecule has 216 valence electrons. The first-order valence-corrected chi connectivity index (χ1v) is 15.4. The first-order chi connectivity index (χ1) is 20.3. The number of halogens is 6. The lowest BCUT2D eigenvalue weighted by Crippen LogP contribution is -2.48. The van der Waals surface area contributed by atoms with Gasteiger partial charge >= 0.3 is 17.8 Å². The number of hydrogen-bond donors (Lipinski definition) is 0. The van der Waals surface area contributed by atoms with Crippen LogP contribution in [0.1, 0.15) is 25.0 Å². The molecule has 4 aliphatic rings. The van der Waals surface area contributed by atoms with Gasteiger partial charge in [-0.3, -0.25) is 0 Å². The molecule has 2 aliphatic carbocycles. The Morgan fingerprint density at radius 3 is 1.28 bits per heavy atom. The molecule has 1 saturated carbocycles. The molecule has 0 N–H and O–H groups in total. The number of fused-ring (bicyclic) bond motifs is 6. The molecule has 1 fully saturated rings. The number of benzene rings is 4. The molecule has 4 aromatic carbocycles. The van der Waals surface area contributed by atoms with Crippen LogP contribution in [-0.4, -0.2) is 27.3 Å². The van der Waals surface area contributed by atoms with Crippen LogP contribution in [0.2, 0.25) is 0 Å². The van der Waals surface area contributed by atoms with Crippen LogP contribution in [0.4, 0.5) is 26.3 Å². The molecule has 0 spiro atoms. The molecule has 2 atom stereocenters. The van der Waals surface area contributed by atoms with E-state index in [0.29, 0.717) is 9.81 Å². The first kappa shape index (κ1) is 27.2. The van der Waals surface area contributed by atoms with Gasteiger partial charge in [-0.2, -0.15) is 26.3 Å². The quantitative estimate of drug-likeness (QED) is 0.205. The van der Waals surface area contributed by atoms with E-state index in [4.69, 9.17) is 0 Å². The van der Waals surface area contributed by atoms with Crippen molar-refractivity contribution in [1.82, 2.24) is 0 Å². The van der Waals surface area contributed by atoms with Gasteiger partial charge in [0.1, 0.15) is 0 Å². The molecule has 43 heavy (non-hydrogen) atoms. The fraction of sp³-hybridized carbons (Fsp3) is 0.200. The zero-order valence-electron chi connectivity index (χ0n) is 22.8. The van der Waals surface area contributed by atoms with Crippen molar-refractivity contribution < 1.29 is 26.3 Å². The maximum atomic E-state index is 15.8. The van der Waals surface area contributed by atoms with Crippen LogP contribution in [0.3, 0.4) is 0 Å². The lowest BCUT2D eigenvalue weighted by atomic mass is 9.71. The highest BCUT2D eigenvalue weighted by Gasteiger charge is 2.84. The lowest BCUT2D eigenvalue weighted by molar-refractivity contribution is -0.258. The van der Waals surface area contributed by atoms with Gasteiger partial charge in [-0.25, -0.2) is 0 Å². The summed E-state index contributed by atoms with van der Waals surface area (Å²) in [6.45, 7) is 3.45. The Kier molecular flexibility index (Phi) is 5.33. The summed E-state index contributed by atoms with van der Waals surface area (Å²) in [5.41, 5.74) is -1.33. The maximum absolute atomic E-state index is 15.8. The highest BCUT2D eigenvalue weighted by Crippen LogP contribution is 2.75. The molecule has 0 saturated heterocycles. The van der Waals surface area contributed by atoms with Crippen LogP contribution in [0.5, 0.6) is 0 Å². The summed E-state index contributed by atoms with van der Waals surface area (Å²) < 4.78 is 90.9. The second-order valence-corrected chi connectivity index (χ2v) is 14.6. The number of alkyl halides is 6. The van der Waals surface area contributed by atoms with Crippen molar-refractivity contribution in [3.8, 4) is 0 Å². The van der Waals surface area contributed by atoms with E-state index in [9.17, 15) is 0 Å². The molecule has 0 nitrogen and oxygen atoms in total. The van der Waals surface area contributed by atoms with Crippen molar-refractivity contribution in [2.24, 2.45) is 0 Å². The van der Waals surface area contributed by atoms with Crippen molar-refractivity contribution in [3.63, 3.8) is 0 Å². The Labute approximate surface area is 252 Å². The highest BCUT2D eigenvalue weighted by molar-refractivity contribution is 8.14. The third-order valence-corrected chi connectivity index (χ3v) is 12.8. The SMILES string of the molecule is C[C@]12SC(c3cccc4ccccc34)=CC1=C1C(=C3C=C(c4cccc5ccccc45)S[C@@]32C)C(F)(F)C(F)(F)C1(F)F. The summed E-state index contributed by atoms with van der Waals surface area (Å²) in [5.74, 6) is -15.7. The topological polar surface area (TPSA) is 0 Å². The van der Waals surface area contributed by atoms with E-state index in [1.54, 1.807) is 13.8 Å². The van der Waals surface area contributed by atoms with E-state index in [2.05, 4.69) is 0 Å².